The van der Waals surface area contributed by atoms with E-state index < -0.39 is 65.7 Å². The summed E-state index contributed by atoms with van der Waals surface area (Å²) in [5, 5.41) is 18.1. The molecule has 13 heteroatoms. The molecule has 3 heterocycles. The van der Waals surface area contributed by atoms with Crippen LogP contribution < -0.4 is 10.6 Å². The number of aliphatic hydroxyl groups is 1. The van der Waals surface area contributed by atoms with Gasteiger partial charge in [-0.25, -0.2) is 4.79 Å². The first-order valence-electron chi connectivity index (χ1n) is 17.9. The van der Waals surface area contributed by atoms with Crippen molar-refractivity contribution < 1.29 is 43.2 Å². The topological polar surface area (TPSA) is 148 Å². The molecule has 0 aromatic carbocycles. The maximum atomic E-state index is 14.2. The van der Waals surface area contributed by atoms with Gasteiger partial charge in [0.05, 0.1) is 23.9 Å². The van der Waals surface area contributed by atoms with Gasteiger partial charge in [-0.1, -0.05) is 26.8 Å². The predicted molar refractivity (Wildman–Crippen MR) is 186 cm³/mol. The molecule has 0 saturated carbocycles. The number of ketones is 1. The highest BCUT2D eigenvalue weighted by molar-refractivity contribution is 6.00. The Kier molecular flexibility index (Phi) is 14.7. The Morgan fingerprint density at radius 3 is 2.39 bits per heavy atom. The Balaban J connectivity index is 2.01. The number of aliphatic hydroxyl groups excluding tert-OH is 1. The molecule has 3 aliphatic heterocycles. The number of hydrogen-bond acceptors (Lipinski definition) is 12. The molecular formula is C36H64N4O9. The van der Waals surface area contributed by atoms with Gasteiger partial charge in [-0.15, -0.1) is 6.58 Å². The van der Waals surface area contributed by atoms with Gasteiger partial charge in [0.25, 0.3) is 0 Å². The Morgan fingerprint density at radius 2 is 1.80 bits per heavy atom. The van der Waals surface area contributed by atoms with Crippen LogP contribution in [0.4, 0.5) is 4.79 Å². The summed E-state index contributed by atoms with van der Waals surface area (Å²) < 4.78 is 31.2. The van der Waals surface area contributed by atoms with Gasteiger partial charge in [0, 0.05) is 38.2 Å². The highest BCUT2D eigenvalue weighted by Gasteiger charge is 2.55. The molecular weight excluding hydrogens is 632 g/mol. The molecule has 0 bridgehead atoms. The van der Waals surface area contributed by atoms with Gasteiger partial charge in [0.2, 0.25) is 0 Å². The van der Waals surface area contributed by atoms with Crippen LogP contribution in [0.2, 0.25) is 0 Å². The molecule has 3 saturated heterocycles. The van der Waals surface area contributed by atoms with Gasteiger partial charge in [-0.2, -0.15) is 0 Å². The molecule has 3 fully saturated rings. The van der Waals surface area contributed by atoms with Gasteiger partial charge >= 0.3 is 12.1 Å². The highest BCUT2D eigenvalue weighted by Crippen LogP contribution is 2.37. The van der Waals surface area contributed by atoms with Crippen LogP contribution in [0.25, 0.3) is 0 Å². The number of fused-ring (bicyclic) bond motifs is 1. The molecule has 0 spiro atoms. The molecule has 5 unspecified atom stereocenters. The normalized spacial score (nSPS) is 41.3. The summed E-state index contributed by atoms with van der Waals surface area (Å²) >= 11 is 0. The van der Waals surface area contributed by atoms with Crippen LogP contribution in [0, 0.1) is 17.8 Å². The average molecular weight is 697 g/mol. The minimum atomic E-state index is -1.16. The fraction of sp³-hybridized carbons (Fsp3) is 0.861. The number of ether oxygens (including phenoxy) is 5. The number of methoxy groups -OCH3 is 1. The van der Waals surface area contributed by atoms with Crippen molar-refractivity contribution in [3.8, 4) is 0 Å². The first kappa shape index (κ1) is 41.3. The smallest absolute Gasteiger partial charge is 0.408 e. The predicted octanol–water partition coefficient (Wildman–Crippen LogP) is 2.74. The van der Waals surface area contributed by atoms with Gasteiger partial charge in [0.1, 0.15) is 18.1 Å². The maximum Gasteiger partial charge on any atom is 0.408 e. The number of alkyl carbamates (subject to hydrolysis) is 1. The van der Waals surface area contributed by atoms with E-state index in [2.05, 4.69) is 29.0 Å². The van der Waals surface area contributed by atoms with Gasteiger partial charge < -0.3 is 49.2 Å². The monoisotopic (exact) mass is 696 g/mol. The summed E-state index contributed by atoms with van der Waals surface area (Å²) in [6.45, 7) is 18.6. The van der Waals surface area contributed by atoms with Crippen molar-refractivity contribution >= 4 is 17.8 Å². The zero-order valence-electron chi connectivity index (χ0n) is 31.7. The first-order chi connectivity index (χ1) is 22.9. The Bertz CT molecular complexity index is 1140. The second kappa shape index (κ2) is 17.4. The number of rotatable bonds is 10. The number of carbonyl (C=O) groups excluding carboxylic acids is 3. The number of Topliss-reactive ketones (excluding diaryl/α,β-unsaturated/α-hetero) is 1. The molecule has 0 aromatic heterocycles. The van der Waals surface area contributed by atoms with Gasteiger partial charge in [0.15, 0.2) is 17.7 Å². The highest BCUT2D eigenvalue weighted by atomic mass is 16.7. The van der Waals surface area contributed by atoms with Crippen molar-refractivity contribution in [2.75, 3.05) is 47.9 Å². The third-order valence-corrected chi connectivity index (χ3v) is 10.9. The summed E-state index contributed by atoms with van der Waals surface area (Å²) in [4.78, 5) is 44.5. The number of nitrogens with one attached hydrogen (secondary N) is 2. The second-order valence-corrected chi connectivity index (χ2v) is 15.2. The standard InChI is InChI=1S/C36H64N4O9/c1-13-15-16-40(11)20-25-17-26(39(9)10)29(42)33(46-25)48-31-22(4)28(41)23(5)32(43)47-27(14-2)36(8)30(38-34(44)49-36)24(6)37-19-21(3)18-35(31,7)45-12/h13,21-27,29-31,33,37,42H,1,14-20H2,2-12H3,(H,38,44)/t21-,22+,23?,24-,25?,26?,27-,29?,30-,31-,33?,35-,36-/m1/s1. The first-order valence-corrected chi connectivity index (χ1v) is 17.9. The van der Waals surface area contributed by atoms with Crippen LogP contribution in [0.5, 0.6) is 0 Å². The molecule has 0 aromatic rings. The van der Waals surface area contributed by atoms with E-state index in [0.717, 1.165) is 13.0 Å². The number of esters is 1. The fourth-order valence-corrected chi connectivity index (χ4v) is 7.89. The van der Waals surface area contributed by atoms with Crippen molar-refractivity contribution in [1.29, 1.82) is 0 Å². The van der Waals surface area contributed by atoms with E-state index in [0.29, 0.717) is 32.4 Å². The summed E-state index contributed by atoms with van der Waals surface area (Å²) in [6.07, 6.45) is -0.431. The average Bonchev–Trinajstić information content (AvgIpc) is 3.37. The van der Waals surface area contributed by atoms with Crippen LogP contribution in [-0.4, -0.2) is 141 Å². The lowest BCUT2D eigenvalue weighted by Crippen LogP contribution is -2.60. The number of nitrogens with zero attached hydrogens (tertiary/aromatic N) is 2. The van der Waals surface area contributed by atoms with E-state index in [9.17, 15) is 19.5 Å². The Labute approximate surface area is 293 Å². The van der Waals surface area contributed by atoms with Crippen molar-refractivity contribution in [2.45, 2.75) is 134 Å². The lowest BCUT2D eigenvalue weighted by atomic mass is 9.78. The van der Waals surface area contributed by atoms with Crippen molar-refractivity contribution in [3.05, 3.63) is 12.7 Å². The quantitative estimate of drug-likeness (QED) is 0.175. The van der Waals surface area contributed by atoms with E-state index in [-0.39, 0.29) is 29.9 Å². The Morgan fingerprint density at radius 1 is 1.12 bits per heavy atom. The number of cyclic esters (lactones) is 1. The van der Waals surface area contributed by atoms with Gasteiger partial charge in [-0.3, -0.25) is 9.59 Å². The molecule has 0 radical (unpaired) electrons. The molecule has 49 heavy (non-hydrogen) atoms. The van der Waals surface area contributed by atoms with Crippen LogP contribution in [0.3, 0.4) is 0 Å². The zero-order valence-corrected chi connectivity index (χ0v) is 31.7. The molecule has 0 aliphatic carbocycles. The van der Waals surface area contributed by atoms with Crippen LogP contribution in [0.15, 0.2) is 12.7 Å². The molecule has 3 rings (SSSR count). The molecule has 13 atom stereocenters. The number of hydrogen-bond donors (Lipinski definition) is 3. The SMILES string of the molecule is C=CCCN(C)CC1CC(N(C)C)C(O)C(O[C@@H]2[C@@H](C)C(=O)C(C)C(=O)O[C@H](CC)[C@@]3(C)OC(=O)N[C@@H]3[C@@H](C)NC[C@H](C)C[C@@]2(C)OC)O1. The third-order valence-electron chi connectivity index (χ3n) is 10.9. The van der Waals surface area contributed by atoms with E-state index in [4.69, 9.17) is 23.7 Å². The van der Waals surface area contributed by atoms with Crippen molar-refractivity contribution in [2.24, 2.45) is 17.8 Å². The summed E-state index contributed by atoms with van der Waals surface area (Å²) in [6, 6.07) is -0.999. The van der Waals surface area contributed by atoms with E-state index in [1.165, 1.54) is 6.92 Å². The number of carbonyl (C=O) groups is 3. The largest absolute Gasteiger partial charge is 0.458 e. The fourth-order valence-electron chi connectivity index (χ4n) is 7.89. The van der Waals surface area contributed by atoms with E-state index in [1.54, 1.807) is 21.0 Å². The minimum absolute atomic E-state index is 0.0190. The number of amides is 1. The zero-order chi connectivity index (χ0) is 36.8. The van der Waals surface area contributed by atoms with E-state index >= 15 is 0 Å². The van der Waals surface area contributed by atoms with Gasteiger partial charge in [-0.05, 0) is 87.0 Å². The van der Waals surface area contributed by atoms with Crippen molar-refractivity contribution in [1.82, 2.24) is 20.4 Å². The minimum Gasteiger partial charge on any atom is -0.458 e. The lowest BCUT2D eigenvalue weighted by molar-refractivity contribution is -0.298. The molecule has 3 N–H and O–H groups in total. The lowest BCUT2D eigenvalue weighted by Gasteiger charge is -2.47. The second-order valence-electron chi connectivity index (χ2n) is 15.2. The van der Waals surface area contributed by atoms with Crippen LogP contribution in [0.1, 0.15) is 74.1 Å². The van der Waals surface area contributed by atoms with Crippen LogP contribution in [-0.2, 0) is 33.3 Å². The van der Waals surface area contributed by atoms with Crippen LogP contribution >= 0.6 is 0 Å². The molecule has 13 nitrogen and oxygen atoms in total. The third kappa shape index (κ3) is 9.61. The summed E-state index contributed by atoms with van der Waals surface area (Å²) in [7, 11) is 7.45. The number of likely N-dealkylation sites (N-methyl/N-ethyl adjacent to an activating group) is 2. The van der Waals surface area contributed by atoms with E-state index in [1.807, 2.05) is 52.9 Å². The molecule has 282 valence electrons. The Hall–Kier alpha value is -2.13. The molecule has 3 aliphatic rings. The summed E-state index contributed by atoms with van der Waals surface area (Å²) in [5.74, 6) is -3.08. The van der Waals surface area contributed by atoms with Crippen molar-refractivity contribution in [3.63, 3.8) is 0 Å². The maximum absolute atomic E-state index is 14.2. The molecule has 1 amide bonds. The summed E-state index contributed by atoms with van der Waals surface area (Å²) in [5.41, 5.74) is -2.19.